The van der Waals surface area contributed by atoms with Gasteiger partial charge in [0.25, 0.3) is 0 Å². The van der Waals surface area contributed by atoms with Gasteiger partial charge in [-0.15, -0.1) is 0 Å². The van der Waals surface area contributed by atoms with E-state index in [1.165, 1.54) is 0 Å². The molecule has 0 atom stereocenters. The van der Waals surface area contributed by atoms with Crippen LogP contribution in [0.25, 0.3) is 11.0 Å². The molecule has 2 aromatic carbocycles. The first-order valence-corrected chi connectivity index (χ1v) is 10.1. The number of rotatable bonds is 4. The average Bonchev–Trinajstić information content (AvgIpc) is 3.11. The number of imidazole rings is 1. The lowest BCUT2D eigenvalue weighted by Gasteiger charge is -2.35. The summed E-state index contributed by atoms with van der Waals surface area (Å²) >= 11 is 0. The zero-order valence-electron chi connectivity index (χ0n) is 17.2. The van der Waals surface area contributed by atoms with Gasteiger partial charge in [-0.3, -0.25) is 0 Å². The molecule has 1 N–H and O–H groups in total. The van der Waals surface area contributed by atoms with Crippen LogP contribution in [-0.2, 0) is 11.8 Å². The van der Waals surface area contributed by atoms with Crippen molar-refractivity contribution in [1.29, 1.82) is 0 Å². The van der Waals surface area contributed by atoms with Gasteiger partial charge in [-0.05, 0) is 37.3 Å². The number of aromatic nitrogens is 2. The largest absolute Gasteiger partial charge is 0.462 e. The van der Waals surface area contributed by atoms with Gasteiger partial charge in [0.15, 0.2) is 0 Å². The number of fused-ring (bicyclic) bond motifs is 1. The molecule has 0 radical (unpaired) electrons. The normalized spacial score (nSPS) is 14.1. The summed E-state index contributed by atoms with van der Waals surface area (Å²) in [6.45, 7) is 4.65. The Labute approximate surface area is 175 Å². The molecule has 8 heteroatoms. The van der Waals surface area contributed by atoms with Crippen LogP contribution in [0.15, 0.2) is 48.5 Å². The number of hydrogen-bond donors (Lipinski definition) is 1. The third-order valence-electron chi connectivity index (χ3n) is 5.24. The summed E-state index contributed by atoms with van der Waals surface area (Å²) in [7, 11) is 2.01. The Balaban J connectivity index is 1.38. The molecule has 0 saturated carbocycles. The molecule has 0 bridgehead atoms. The van der Waals surface area contributed by atoms with Crippen molar-refractivity contribution in [2.75, 3.05) is 43.0 Å². The van der Waals surface area contributed by atoms with Gasteiger partial charge in [-0.25, -0.2) is 14.6 Å². The first-order valence-electron chi connectivity index (χ1n) is 10.1. The number of amides is 2. The lowest BCUT2D eigenvalue weighted by atomic mass is 10.2. The topological polar surface area (TPSA) is 79.7 Å². The van der Waals surface area contributed by atoms with Crippen molar-refractivity contribution < 1.29 is 14.3 Å². The number of urea groups is 1. The molecule has 1 aliphatic rings. The molecule has 8 nitrogen and oxygen atoms in total. The molecule has 2 heterocycles. The zero-order valence-corrected chi connectivity index (χ0v) is 17.2. The molecule has 0 spiro atoms. The zero-order chi connectivity index (χ0) is 21.1. The molecular weight excluding hydrogens is 382 g/mol. The van der Waals surface area contributed by atoms with Crippen molar-refractivity contribution in [3.8, 4) is 0 Å². The van der Waals surface area contributed by atoms with E-state index in [1.54, 1.807) is 36.1 Å². The van der Waals surface area contributed by atoms with Crippen molar-refractivity contribution in [1.82, 2.24) is 14.5 Å². The summed E-state index contributed by atoms with van der Waals surface area (Å²) < 4.78 is 7.10. The molecule has 2 amide bonds. The minimum absolute atomic E-state index is 0.180. The predicted octanol–water partition coefficient (Wildman–Crippen LogP) is 3.10. The Morgan fingerprint density at radius 3 is 2.57 bits per heavy atom. The second-order valence-electron chi connectivity index (χ2n) is 7.17. The molecule has 1 aliphatic heterocycles. The summed E-state index contributed by atoms with van der Waals surface area (Å²) in [6.07, 6.45) is 0. The molecule has 1 fully saturated rings. The first-order chi connectivity index (χ1) is 14.6. The SMILES string of the molecule is CCOC(=O)c1cccc(NC(=O)N2CCN(c3nc4ccccc4n3C)CC2)c1. The van der Waals surface area contributed by atoms with Gasteiger partial charge in [0.2, 0.25) is 5.95 Å². The maximum absolute atomic E-state index is 12.7. The number of hydrogen-bond acceptors (Lipinski definition) is 5. The van der Waals surface area contributed by atoms with Crippen LogP contribution in [0.1, 0.15) is 17.3 Å². The maximum atomic E-state index is 12.7. The molecule has 0 unspecified atom stereocenters. The fourth-order valence-corrected chi connectivity index (χ4v) is 3.67. The lowest BCUT2D eigenvalue weighted by molar-refractivity contribution is 0.0526. The van der Waals surface area contributed by atoms with Gasteiger partial charge in [-0.2, -0.15) is 0 Å². The van der Waals surface area contributed by atoms with Crippen LogP contribution in [0.2, 0.25) is 0 Å². The summed E-state index contributed by atoms with van der Waals surface area (Å²) in [5.41, 5.74) is 3.05. The molecule has 4 rings (SSSR count). The van der Waals surface area contributed by atoms with E-state index < -0.39 is 5.97 Å². The Bertz CT molecular complexity index is 1070. The van der Waals surface area contributed by atoms with Crippen LogP contribution in [0.4, 0.5) is 16.4 Å². The van der Waals surface area contributed by atoms with Crippen LogP contribution in [0.5, 0.6) is 0 Å². The van der Waals surface area contributed by atoms with Gasteiger partial charge in [0.1, 0.15) is 0 Å². The summed E-state index contributed by atoms with van der Waals surface area (Å²) in [5.74, 6) is 0.517. The van der Waals surface area contributed by atoms with Gasteiger partial charge >= 0.3 is 12.0 Å². The van der Waals surface area contributed by atoms with Crippen molar-refractivity contribution in [3.63, 3.8) is 0 Å². The molecule has 3 aromatic rings. The third-order valence-corrected chi connectivity index (χ3v) is 5.24. The minimum atomic E-state index is -0.398. The molecule has 0 aliphatic carbocycles. The van der Waals surface area contributed by atoms with Crippen molar-refractivity contribution in [3.05, 3.63) is 54.1 Å². The van der Waals surface area contributed by atoms with Crippen molar-refractivity contribution in [2.45, 2.75) is 6.92 Å². The second-order valence-corrected chi connectivity index (χ2v) is 7.17. The Morgan fingerprint density at radius 1 is 1.07 bits per heavy atom. The third kappa shape index (κ3) is 3.94. The average molecular weight is 407 g/mol. The number of nitrogens with zero attached hydrogens (tertiary/aromatic N) is 4. The molecule has 1 saturated heterocycles. The number of anilines is 2. The van der Waals surface area contributed by atoms with Crippen molar-refractivity contribution >= 4 is 34.7 Å². The number of piperazine rings is 1. The van der Waals surface area contributed by atoms with E-state index in [0.717, 1.165) is 17.0 Å². The summed E-state index contributed by atoms with van der Waals surface area (Å²) in [6, 6.07) is 14.7. The number of aryl methyl sites for hydroxylation is 1. The van der Waals surface area contributed by atoms with Crippen LogP contribution in [0.3, 0.4) is 0 Å². The summed E-state index contributed by atoms with van der Waals surface area (Å²) in [4.78, 5) is 33.3. The fourth-order valence-electron chi connectivity index (χ4n) is 3.67. The van der Waals surface area contributed by atoms with Crippen LogP contribution >= 0.6 is 0 Å². The van der Waals surface area contributed by atoms with Gasteiger partial charge in [-0.1, -0.05) is 18.2 Å². The quantitative estimate of drug-likeness (QED) is 0.673. The Morgan fingerprint density at radius 2 is 1.83 bits per heavy atom. The molecule has 30 heavy (non-hydrogen) atoms. The standard InChI is InChI=1S/C22H25N5O3/c1-3-30-20(28)16-7-6-8-17(15-16)23-22(29)27-13-11-26(12-14-27)21-24-18-9-4-5-10-19(18)25(21)2/h4-10,15H,3,11-14H2,1-2H3,(H,23,29). The van der Waals surface area contributed by atoms with Gasteiger partial charge < -0.3 is 24.4 Å². The highest BCUT2D eigenvalue weighted by Crippen LogP contribution is 2.22. The predicted molar refractivity (Wildman–Crippen MR) is 116 cm³/mol. The van der Waals surface area contributed by atoms with Crippen LogP contribution < -0.4 is 10.2 Å². The van der Waals surface area contributed by atoms with E-state index in [2.05, 4.69) is 20.9 Å². The van der Waals surface area contributed by atoms with Crippen LogP contribution in [-0.4, -0.2) is 59.2 Å². The monoisotopic (exact) mass is 407 g/mol. The Kier molecular flexibility index (Phi) is 5.56. The van der Waals surface area contributed by atoms with E-state index in [4.69, 9.17) is 9.72 Å². The maximum Gasteiger partial charge on any atom is 0.338 e. The van der Waals surface area contributed by atoms with Gasteiger partial charge in [0.05, 0.1) is 23.2 Å². The molecule has 156 valence electrons. The van der Waals surface area contributed by atoms with Crippen LogP contribution in [0, 0.1) is 0 Å². The number of nitrogens with one attached hydrogen (secondary N) is 1. The number of benzene rings is 2. The van der Waals surface area contributed by atoms with Crippen molar-refractivity contribution in [2.24, 2.45) is 7.05 Å². The molecular formula is C22H25N5O3. The number of esters is 1. The number of para-hydroxylation sites is 2. The second kappa shape index (κ2) is 8.44. The van der Waals surface area contributed by atoms with E-state index in [0.29, 0.717) is 44.0 Å². The van der Waals surface area contributed by atoms with E-state index in [9.17, 15) is 9.59 Å². The number of ether oxygens (including phenoxy) is 1. The minimum Gasteiger partial charge on any atom is -0.462 e. The smallest absolute Gasteiger partial charge is 0.338 e. The van der Waals surface area contributed by atoms with E-state index in [1.807, 2.05) is 25.2 Å². The van der Waals surface area contributed by atoms with Gasteiger partial charge in [0, 0.05) is 38.9 Å². The Hall–Kier alpha value is -3.55. The highest BCUT2D eigenvalue weighted by atomic mass is 16.5. The highest BCUT2D eigenvalue weighted by Gasteiger charge is 2.24. The summed E-state index contributed by atoms with van der Waals surface area (Å²) in [5, 5.41) is 2.88. The van der Waals surface area contributed by atoms with E-state index in [-0.39, 0.29) is 6.03 Å². The van der Waals surface area contributed by atoms with E-state index >= 15 is 0 Å². The highest BCUT2D eigenvalue weighted by molar-refractivity contribution is 5.94. The first kappa shape index (κ1) is 19.8. The lowest BCUT2D eigenvalue weighted by Crippen LogP contribution is -2.50. The number of carbonyl (C=O) groups excluding carboxylic acids is 2. The fraction of sp³-hybridized carbons (Fsp3) is 0.318. The molecule has 1 aromatic heterocycles. The number of carbonyl (C=O) groups is 2.